The number of hydrogen-bond donors (Lipinski definition) is 1. The Morgan fingerprint density at radius 3 is 2.17 bits per heavy atom. The molecular formula is C16H17F7NO3S2+. The Morgan fingerprint density at radius 2 is 1.72 bits per heavy atom. The molecule has 0 amide bonds. The third kappa shape index (κ3) is 5.18. The molecule has 2 unspecified atom stereocenters. The second kappa shape index (κ2) is 7.65. The zero-order valence-corrected chi connectivity index (χ0v) is 16.7. The number of rotatable bonds is 6. The molecule has 1 aromatic carbocycles. The van der Waals surface area contributed by atoms with E-state index in [0.29, 0.717) is 27.9 Å². The summed E-state index contributed by atoms with van der Waals surface area (Å²) in [7, 11) is -4.05. The monoisotopic (exact) mass is 468 g/mol. The molecule has 2 N–H and O–H groups in total. The van der Waals surface area contributed by atoms with Crippen LogP contribution in [0.3, 0.4) is 0 Å². The van der Waals surface area contributed by atoms with Crippen LogP contribution in [0.25, 0.3) is 10.9 Å². The standard InChI is InChI=1S/C16H16F7NO3S2/c1-3-14(25,7-28-8-15(18,19)20)13-5-9-4-11(17)10(16(21,22)23)6-12(9)24(13)29(2,26)27/h4-6,25H,3,7-8H2,1-2H3/p+1. The van der Waals surface area contributed by atoms with Gasteiger partial charge in [0.05, 0.1) is 22.5 Å². The van der Waals surface area contributed by atoms with Gasteiger partial charge in [-0.2, -0.15) is 34.5 Å². The van der Waals surface area contributed by atoms with Crippen molar-refractivity contribution in [1.29, 1.82) is 0 Å². The van der Waals surface area contributed by atoms with E-state index in [-0.39, 0.29) is 17.5 Å². The van der Waals surface area contributed by atoms with Crippen LogP contribution >= 0.6 is 11.8 Å². The molecule has 0 spiro atoms. The molecule has 0 aliphatic carbocycles. The highest BCUT2D eigenvalue weighted by atomic mass is 32.2. The molecule has 29 heavy (non-hydrogen) atoms. The molecule has 2 atom stereocenters. The highest BCUT2D eigenvalue weighted by Crippen LogP contribution is 2.39. The molecule has 164 valence electrons. The largest absolute Gasteiger partial charge is 0.419 e. The van der Waals surface area contributed by atoms with Crippen LogP contribution in [-0.2, 0) is 21.8 Å². The van der Waals surface area contributed by atoms with Crippen molar-refractivity contribution < 1.29 is 44.3 Å². The first-order valence-electron chi connectivity index (χ1n) is 8.01. The van der Waals surface area contributed by atoms with E-state index in [1.165, 1.54) is 6.92 Å². The van der Waals surface area contributed by atoms with E-state index in [9.17, 15) is 44.3 Å². The fourth-order valence-corrected chi connectivity index (χ4v) is 4.94. The van der Waals surface area contributed by atoms with Gasteiger partial charge in [-0.25, -0.2) is 8.60 Å². The minimum atomic E-state index is -5.08. The number of halogens is 7. The summed E-state index contributed by atoms with van der Waals surface area (Å²) in [5, 5.41) is 10.7. The third-order valence-corrected chi connectivity index (χ3v) is 6.44. The van der Waals surface area contributed by atoms with Crippen molar-refractivity contribution in [3.8, 4) is 0 Å². The molecule has 0 fully saturated rings. The summed E-state index contributed by atoms with van der Waals surface area (Å²) in [6.45, 7) is 1.40. The number of alkyl halides is 6. The van der Waals surface area contributed by atoms with Gasteiger partial charge in [0.25, 0.3) is 0 Å². The molecule has 4 nitrogen and oxygen atoms in total. The van der Waals surface area contributed by atoms with E-state index in [1.54, 1.807) is 0 Å². The topological polar surface area (TPSA) is 63.6 Å². The lowest BCUT2D eigenvalue weighted by Crippen LogP contribution is -2.33. The van der Waals surface area contributed by atoms with E-state index in [0.717, 1.165) is 12.3 Å². The lowest BCUT2D eigenvalue weighted by Gasteiger charge is -2.27. The van der Waals surface area contributed by atoms with Crippen LogP contribution in [0.15, 0.2) is 18.2 Å². The first-order chi connectivity index (χ1) is 13.0. The van der Waals surface area contributed by atoms with Gasteiger partial charge in [-0.15, -0.1) is 11.8 Å². The smallest absolute Gasteiger partial charge is 0.383 e. The zero-order valence-electron chi connectivity index (χ0n) is 15.1. The number of fused-ring (bicyclic) bond motifs is 1. The van der Waals surface area contributed by atoms with E-state index in [2.05, 4.69) is 0 Å². The predicted molar refractivity (Wildman–Crippen MR) is 95.9 cm³/mol. The molecule has 1 aromatic heterocycles. The number of hydrogen-bond acceptors (Lipinski definition) is 3. The van der Waals surface area contributed by atoms with Gasteiger partial charge in [0, 0.05) is 11.1 Å². The van der Waals surface area contributed by atoms with Crippen molar-refractivity contribution in [2.45, 2.75) is 31.3 Å². The van der Waals surface area contributed by atoms with Gasteiger partial charge in [-0.1, -0.05) is 6.92 Å². The highest BCUT2D eigenvalue weighted by molar-refractivity contribution is 7.99. The van der Waals surface area contributed by atoms with Crippen LogP contribution in [-0.4, -0.2) is 41.4 Å². The molecule has 0 bridgehead atoms. The Hall–Kier alpha value is -1.47. The normalized spacial score (nSPS) is 17.3. The van der Waals surface area contributed by atoms with Crippen LogP contribution < -0.4 is 0 Å². The fourth-order valence-electron chi connectivity index (χ4n) is 2.80. The van der Waals surface area contributed by atoms with Crippen molar-refractivity contribution in [2.75, 3.05) is 17.8 Å². The first-order valence-corrected chi connectivity index (χ1v) is 11.0. The number of nitrogens with zero attached hydrogens (tertiary/aromatic N) is 1. The summed E-state index contributed by atoms with van der Waals surface area (Å²) in [6.07, 6.45) is -9.04. The molecule has 0 radical (unpaired) electrons. The second-order valence-corrected chi connectivity index (χ2v) is 9.34. The maximum Gasteiger partial charge on any atom is 0.419 e. The highest BCUT2D eigenvalue weighted by Gasteiger charge is 2.39. The molecule has 13 heteroatoms. The molecule has 2 aromatic rings. The summed E-state index contributed by atoms with van der Waals surface area (Å²) in [5.74, 6) is -3.48. The van der Waals surface area contributed by atoms with Gasteiger partial charge >= 0.3 is 22.4 Å². The molecule has 1 heterocycles. The van der Waals surface area contributed by atoms with E-state index in [4.69, 9.17) is 0 Å². The minimum absolute atomic E-state index is 0.207. The van der Waals surface area contributed by atoms with E-state index in [1.807, 2.05) is 0 Å². The third-order valence-electron chi connectivity index (χ3n) is 4.16. The fraction of sp³-hybridized carbons (Fsp3) is 0.500. The quantitative estimate of drug-likeness (QED) is 0.496. The average Bonchev–Trinajstić information content (AvgIpc) is 2.90. The maximum atomic E-state index is 13.9. The van der Waals surface area contributed by atoms with Crippen LogP contribution in [0.2, 0.25) is 0 Å². The minimum Gasteiger partial charge on any atom is -0.383 e. The zero-order chi connectivity index (χ0) is 22.4. The van der Waals surface area contributed by atoms with Gasteiger partial charge in [0.1, 0.15) is 17.7 Å². The number of aromatic nitrogens is 1. The Kier molecular flexibility index (Phi) is 6.28. The van der Waals surface area contributed by atoms with Crippen LogP contribution in [0.1, 0.15) is 24.6 Å². The van der Waals surface area contributed by atoms with E-state index < -0.39 is 56.4 Å². The van der Waals surface area contributed by atoms with Gasteiger partial charge in [-0.05, 0) is 24.6 Å². The Morgan fingerprint density at radius 1 is 1.14 bits per heavy atom. The summed E-state index contributed by atoms with van der Waals surface area (Å²) in [5.41, 5.74) is -4.61. The summed E-state index contributed by atoms with van der Waals surface area (Å²) in [4.78, 5) is 0. The average molecular weight is 468 g/mol. The summed E-state index contributed by atoms with van der Waals surface area (Å²) < 4.78 is 113. The van der Waals surface area contributed by atoms with Gasteiger partial charge < -0.3 is 5.11 Å². The van der Waals surface area contributed by atoms with Crippen molar-refractivity contribution in [2.24, 2.45) is 0 Å². The lowest BCUT2D eigenvalue weighted by atomic mass is 9.99. The van der Waals surface area contributed by atoms with Crippen LogP contribution in [0.4, 0.5) is 30.7 Å². The maximum absolute atomic E-state index is 13.9. The van der Waals surface area contributed by atoms with Crippen molar-refractivity contribution >= 4 is 32.7 Å². The Balaban J connectivity index is 2.71. The number of thioether (sulfide) groups is 1. The predicted octanol–water partition coefficient (Wildman–Crippen LogP) is 4.66. The summed E-state index contributed by atoms with van der Waals surface area (Å²) in [6, 6.07) is 1.85. The van der Waals surface area contributed by atoms with Gasteiger partial charge in [-0.3, -0.25) is 0 Å². The SMILES string of the molecule is CCC(O)(CSCC(F)(F)F)c1cc2cc(F)c(C(F)(F)F)cc2n1S(C)(=O)=[OH+]. The molecule has 0 aliphatic rings. The van der Waals surface area contributed by atoms with Crippen LogP contribution in [0, 0.1) is 5.82 Å². The Bertz CT molecular complexity index is 1010. The molecular weight excluding hydrogens is 451 g/mol. The van der Waals surface area contributed by atoms with E-state index >= 15 is 0 Å². The molecule has 0 saturated carbocycles. The molecule has 0 saturated heterocycles. The van der Waals surface area contributed by atoms with Gasteiger partial charge in [0.15, 0.2) is 0 Å². The Labute approximate surface area is 165 Å². The molecule has 0 aliphatic heterocycles. The van der Waals surface area contributed by atoms with Crippen molar-refractivity contribution in [3.05, 3.63) is 35.3 Å². The van der Waals surface area contributed by atoms with Crippen LogP contribution in [0.5, 0.6) is 0 Å². The lowest BCUT2D eigenvalue weighted by molar-refractivity contribution is -0.139. The summed E-state index contributed by atoms with van der Waals surface area (Å²) >= 11 is 0.310. The first kappa shape index (κ1) is 23.8. The number of aliphatic hydroxyl groups is 1. The van der Waals surface area contributed by atoms with Crippen molar-refractivity contribution in [3.63, 3.8) is 0 Å². The number of benzene rings is 1. The van der Waals surface area contributed by atoms with Gasteiger partial charge in [0.2, 0.25) is 0 Å². The molecule has 2 rings (SSSR count). The second-order valence-electron chi connectivity index (χ2n) is 6.47. The van der Waals surface area contributed by atoms with Crippen molar-refractivity contribution in [1.82, 2.24) is 3.97 Å².